The normalized spacial score (nSPS) is 9.44. The number of thiol groups is 1. The average Bonchev–Trinajstić information content (AvgIpc) is 1.90. The van der Waals surface area contributed by atoms with Gasteiger partial charge in [-0.2, -0.15) is 17.7 Å². The lowest BCUT2D eigenvalue weighted by Gasteiger charge is -1.90. The van der Waals surface area contributed by atoms with Crippen LogP contribution in [0.4, 0.5) is 0 Å². The van der Waals surface area contributed by atoms with Crippen molar-refractivity contribution in [1.82, 2.24) is 10.2 Å². The maximum Gasteiger partial charge on any atom is 0.230 e. The highest BCUT2D eigenvalue weighted by atomic mass is 32.1. The van der Waals surface area contributed by atoms with Crippen molar-refractivity contribution in [2.75, 3.05) is 0 Å². The Hall–Kier alpha value is -0.770. The number of nitrogens with zero attached hydrogens (tertiary/aromatic N) is 2. The maximum absolute atomic E-state index is 8.65. The highest BCUT2D eigenvalue weighted by Crippen LogP contribution is 2.02. The van der Waals surface area contributed by atoms with Gasteiger partial charge >= 0.3 is 0 Å². The summed E-state index contributed by atoms with van der Waals surface area (Å²) in [4.78, 5) is 0. The highest BCUT2D eigenvalue weighted by Gasteiger charge is 1.90. The largest absolute Gasteiger partial charge is 0.492 e. The maximum atomic E-state index is 8.65. The summed E-state index contributed by atoms with van der Waals surface area (Å²) in [6, 6.07) is 3.16. The Morgan fingerprint density at radius 3 is 2.67 bits per heavy atom. The first kappa shape index (κ1) is 6.35. The number of rotatable bonds is 1. The summed E-state index contributed by atoms with van der Waals surface area (Å²) in [5, 5.41) is 15.7. The van der Waals surface area contributed by atoms with Crippen LogP contribution < -0.4 is 0 Å². The first-order valence-corrected chi connectivity index (χ1v) is 3.08. The molecule has 1 N–H and O–H groups in total. The quantitative estimate of drug-likeness (QED) is 0.565. The molecular formula is C5H6N2OS. The zero-order valence-electron chi connectivity index (χ0n) is 4.65. The lowest BCUT2D eigenvalue weighted by molar-refractivity contribution is 0.444. The van der Waals surface area contributed by atoms with E-state index >= 15 is 0 Å². The molecular weight excluding hydrogens is 136 g/mol. The van der Waals surface area contributed by atoms with E-state index in [1.807, 2.05) is 0 Å². The fraction of sp³-hybridized carbons (Fsp3) is 0.200. The number of hydrogen-bond donors (Lipinski definition) is 2. The van der Waals surface area contributed by atoms with Gasteiger partial charge in [-0.05, 0) is 6.07 Å². The number of aromatic nitrogens is 2. The van der Waals surface area contributed by atoms with Crippen LogP contribution in [0, 0.1) is 0 Å². The molecule has 0 aromatic carbocycles. The molecule has 0 saturated carbocycles. The van der Waals surface area contributed by atoms with Gasteiger partial charge in [0.05, 0.1) is 5.69 Å². The minimum absolute atomic E-state index is 0.0551. The fourth-order valence-electron chi connectivity index (χ4n) is 0.437. The van der Waals surface area contributed by atoms with Gasteiger partial charge in [0.2, 0.25) is 5.88 Å². The second-order valence-electron chi connectivity index (χ2n) is 1.54. The summed E-state index contributed by atoms with van der Waals surface area (Å²) in [7, 11) is 0. The van der Waals surface area contributed by atoms with Crippen molar-refractivity contribution in [2.45, 2.75) is 5.75 Å². The van der Waals surface area contributed by atoms with E-state index in [-0.39, 0.29) is 5.88 Å². The molecule has 1 rings (SSSR count). The second kappa shape index (κ2) is 2.68. The van der Waals surface area contributed by atoms with E-state index in [0.717, 1.165) is 5.69 Å². The number of aromatic hydroxyl groups is 1. The van der Waals surface area contributed by atoms with Crippen LogP contribution in [0.2, 0.25) is 0 Å². The molecule has 0 aliphatic rings. The smallest absolute Gasteiger partial charge is 0.230 e. The molecule has 0 fully saturated rings. The van der Waals surface area contributed by atoms with Crippen molar-refractivity contribution in [3.8, 4) is 5.88 Å². The predicted molar refractivity (Wildman–Crippen MR) is 36.4 cm³/mol. The highest BCUT2D eigenvalue weighted by molar-refractivity contribution is 7.79. The molecule has 0 aliphatic heterocycles. The first-order chi connectivity index (χ1) is 4.33. The summed E-state index contributed by atoms with van der Waals surface area (Å²) < 4.78 is 0. The Labute approximate surface area is 58.2 Å². The Morgan fingerprint density at radius 2 is 2.22 bits per heavy atom. The van der Waals surface area contributed by atoms with E-state index in [4.69, 9.17) is 5.11 Å². The summed E-state index contributed by atoms with van der Waals surface area (Å²) in [6.45, 7) is 0. The molecule has 1 heterocycles. The third-order valence-electron chi connectivity index (χ3n) is 0.868. The molecule has 0 aliphatic carbocycles. The van der Waals surface area contributed by atoms with Crippen molar-refractivity contribution in [2.24, 2.45) is 0 Å². The van der Waals surface area contributed by atoms with Gasteiger partial charge in [-0.15, -0.1) is 5.10 Å². The van der Waals surface area contributed by atoms with Gasteiger partial charge in [0, 0.05) is 11.8 Å². The Balaban J connectivity index is 2.88. The van der Waals surface area contributed by atoms with Gasteiger partial charge in [0.15, 0.2) is 0 Å². The Morgan fingerprint density at radius 1 is 1.44 bits per heavy atom. The molecule has 0 bridgehead atoms. The Bertz CT molecular complexity index is 187. The predicted octanol–water partition coefficient (Wildman–Crippen LogP) is 0.612. The van der Waals surface area contributed by atoms with Crippen LogP contribution in [-0.2, 0) is 5.75 Å². The van der Waals surface area contributed by atoms with Crippen molar-refractivity contribution >= 4 is 12.6 Å². The SMILES string of the molecule is Oc1ccc(CS)nn1. The molecule has 0 atom stereocenters. The molecule has 0 amide bonds. The lowest BCUT2D eigenvalue weighted by Crippen LogP contribution is -1.86. The molecule has 9 heavy (non-hydrogen) atoms. The topological polar surface area (TPSA) is 46.0 Å². The molecule has 3 nitrogen and oxygen atoms in total. The van der Waals surface area contributed by atoms with Crippen LogP contribution in [0.15, 0.2) is 12.1 Å². The van der Waals surface area contributed by atoms with Crippen LogP contribution in [-0.4, -0.2) is 15.3 Å². The van der Waals surface area contributed by atoms with Crippen molar-refractivity contribution in [3.05, 3.63) is 17.8 Å². The van der Waals surface area contributed by atoms with Gasteiger partial charge in [-0.3, -0.25) is 0 Å². The molecule has 0 spiro atoms. The van der Waals surface area contributed by atoms with Gasteiger partial charge < -0.3 is 5.11 Å². The summed E-state index contributed by atoms with van der Waals surface area (Å²) >= 11 is 3.96. The Kier molecular flexibility index (Phi) is 1.89. The van der Waals surface area contributed by atoms with E-state index < -0.39 is 0 Å². The molecule has 1 aromatic heterocycles. The second-order valence-corrected chi connectivity index (χ2v) is 1.86. The molecule has 0 radical (unpaired) electrons. The first-order valence-electron chi connectivity index (χ1n) is 2.45. The minimum Gasteiger partial charge on any atom is -0.492 e. The summed E-state index contributed by atoms with van der Waals surface area (Å²) in [5.74, 6) is 0.494. The van der Waals surface area contributed by atoms with E-state index in [1.165, 1.54) is 6.07 Å². The lowest BCUT2D eigenvalue weighted by atomic mass is 10.4. The average molecular weight is 142 g/mol. The van der Waals surface area contributed by atoms with Gasteiger partial charge in [0.25, 0.3) is 0 Å². The van der Waals surface area contributed by atoms with Crippen LogP contribution >= 0.6 is 12.6 Å². The third kappa shape index (κ3) is 1.57. The monoisotopic (exact) mass is 142 g/mol. The molecule has 0 unspecified atom stereocenters. The zero-order valence-corrected chi connectivity index (χ0v) is 5.55. The molecule has 0 saturated heterocycles. The van der Waals surface area contributed by atoms with E-state index in [1.54, 1.807) is 6.07 Å². The van der Waals surface area contributed by atoms with Crippen LogP contribution in [0.1, 0.15) is 5.69 Å². The van der Waals surface area contributed by atoms with Crippen LogP contribution in [0.25, 0.3) is 0 Å². The van der Waals surface area contributed by atoms with Crippen LogP contribution in [0.3, 0.4) is 0 Å². The van der Waals surface area contributed by atoms with Gasteiger partial charge in [0.1, 0.15) is 0 Å². The number of hydrogen-bond acceptors (Lipinski definition) is 4. The standard InChI is InChI=1S/C5H6N2OS/c8-5-2-1-4(3-9)6-7-5/h1-2,9H,3H2,(H,7,8). The summed E-state index contributed by atoms with van der Waals surface area (Å²) in [5.41, 5.74) is 0.760. The van der Waals surface area contributed by atoms with Gasteiger partial charge in [-0.25, -0.2) is 0 Å². The van der Waals surface area contributed by atoms with Crippen molar-refractivity contribution in [1.29, 1.82) is 0 Å². The summed E-state index contributed by atoms with van der Waals surface area (Å²) in [6.07, 6.45) is 0. The molecule has 48 valence electrons. The van der Waals surface area contributed by atoms with E-state index in [0.29, 0.717) is 5.75 Å². The zero-order chi connectivity index (χ0) is 6.69. The minimum atomic E-state index is -0.0551. The molecule has 1 aromatic rings. The van der Waals surface area contributed by atoms with E-state index in [9.17, 15) is 0 Å². The third-order valence-corrected chi connectivity index (χ3v) is 1.19. The molecule has 4 heteroatoms. The van der Waals surface area contributed by atoms with Crippen molar-refractivity contribution in [3.63, 3.8) is 0 Å². The van der Waals surface area contributed by atoms with Gasteiger partial charge in [-0.1, -0.05) is 0 Å². The fourth-order valence-corrected chi connectivity index (χ4v) is 0.606. The van der Waals surface area contributed by atoms with Crippen molar-refractivity contribution < 1.29 is 5.11 Å². The van der Waals surface area contributed by atoms with E-state index in [2.05, 4.69) is 22.8 Å². The van der Waals surface area contributed by atoms with Crippen LogP contribution in [0.5, 0.6) is 5.88 Å².